The number of hydrogen-bond acceptors (Lipinski definition) is 3. The second-order valence-corrected chi connectivity index (χ2v) is 4.84. The van der Waals surface area contributed by atoms with Gasteiger partial charge in [0.15, 0.2) is 5.69 Å². The van der Waals surface area contributed by atoms with Gasteiger partial charge in [-0.05, 0) is 42.3 Å². The van der Waals surface area contributed by atoms with E-state index in [9.17, 15) is 10.0 Å². The van der Waals surface area contributed by atoms with Crippen molar-refractivity contribution in [1.82, 2.24) is 4.57 Å². The Morgan fingerprint density at radius 2 is 1.75 bits per heavy atom. The quantitative estimate of drug-likeness (QED) is 0.701. The van der Waals surface area contributed by atoms with Gasteiger partial charge in [0.2, 0.25) is 5.88 Å². The maximum Gasteiger partial charge on any atom is 0.227 e. The van der Waals surface area contributed by atoms with Gasteiger partial charge in [0.25, 0.3) is 0 Å². The minimum absolute atomic E-state index is 0.0898. The first kappa shape index (κ1) is 12.4. The van der Waals surface area contributed by atoms with Crippen molar-refractivity contribution in [1.29, 1.82) is 0 Å². The zero-order valence-corrected chi connectivity index (χ0v) is 11.3. The van der Waals surface area contributed by atoms with Crippen molar-refractivity contribution in [2.24, 2.45) is 5.18 Å². The van der Waals surface area contributed by atoms with Gasteiger partial charge in [0.05, 0.1) is 5.52 Å². The summed E-state index contributed by atoms with van der Waals surface area (Å²) in [7, 11) is 0. The molecule has 0 saturated heterocycles. The Morgan fingerprint density at radius 1 is 1.05 bits per heavy atom. The van der Waals surface area contributed by atoms with E-state index in [4.69, 9.17) is 0 Å². The first-order valence-corrected chi connectivity index (χ1v) is 6.37. The highest BCUT2D eigenvalue weighted by atomic mass is 16.3. The van der Waals surface area contributed by atoms with Crippen LogP contribution in [-0.2, 0) is 0 Å². The molecule has 0 radical (unpaired) electrons. The highest BCUT2D eigenvalue weighted by Crippen LogP contribution is 2.42. The highest BCUT2D eigenvalue weighted by Gasteiger charge is 2.20. The van der Waals surface area contributed by atoms with Gasteiger partial charge in [-0.25, -0.2) is 0 Å². The van der Waals surface area contributed by atoms with Crippen LogP contribution in [0.2, 0.25) is 0 Å². The third-order valence-corrected chi connectivity index (χ3v) is 3.71. The molecule has 0 spiro atoms. The van der Waals surface area contributed by atoms with Crippen LogP contribution in [0.25, 0.3) is 16.6 Å². The van der Waals surface area contributed by atoms with Crippen LogP contribution in [0.3, 0.4) is 0 Å². The molecule has 0 aliphatic rings. The molecule has 3 rings (SSSR count). The lowest BCUT2D eigenvalue weighted by atomic mass is 10.1. The molecule has 0 aliphatic carbocycles. The molecule has 0 atom stereocenters. The van der Waals surface area contributed by atoms with Crippen LogP contribution in [0, 0.1) is 18.8 Å². The van der Waals surface area contributed by atoms with Gasteiger partial charge < -0.3 is 5.11 Å². The molecule has 4 heteroatoms. The van der Waals surface area contributed by atoms with Crippen molar-refractivity contribution in [3.05, 3.63) is 58.5 Å². The van der Waals surface area contributed by atoms with Gasteiger partial charge in [0, 0.05) is 11.1 Å². The second kappa shape index (κ2) is 4.49. The minimum atomic E-state index is -0.116. The molecule has 1 N–H and O–H groups in total. The summed E-state index contributed by atoms with van der Waals surface area (Å²) >= 11 is 0. The van der Waals surface area contributed by atoms with Gasteiger partial charge in [-0.2, -0.15) is 0 Å². The van der Waals surface area contributed by atoms with E-state index in [0.717, 1.165) is 22.3 Å². The van der Waals surface area contributed by atoms with E-state index in [0.29, 0.717) is 5.39 Å². The molecule has 2 aromatic carbocycles. The third kappa shape index (κ3) is 1.61. The maximum atomic E-state index is 11.1. The van der Waals surface area contributed by atoms with Crippen molar-refractivity contribution in [3.63, 3.8) is 0 Å². The first-order chi connectivity index (χ1) is 9.65. The van der Waals surface area contributed by atoms with Crippen LogP contribution in [0.5, 0.6) is 5.88 Å². The second-order valence-electron chi connectivity index (χ2n) is 4.84. The number of rotatable bonds is 2. The summed E-state index contributed by atoms with van der Waals surface area (Å²) in [6.07, 6.45) is 0. The Kier molecular flexibility index (Phi) is 2.79. The number of para-hydroxylation sites is 1. The molecule has 3 aromatic rings. The molecule has 0 amide bonds. The smallest absolute Gasteiger partial charge is 0.227 e. The van der Waals surface area contributed by atoms with E-state index in [-0.39, 0.29) is 11.6 Å². The van der Waals surface area contributed by atoms with E-state index >= 15 is 0 Å². The van der Waals surface area contributed by atoms with E-state index in [1.165, 1.54) is 0 Å². The monoisotopic (exact) mass is 266 g/mol. The summed E-state index contributed by atoms with van der Waals surface area (Å²) in [5, 5.41) is 14.0. The molecular weight excluding hydrogens is 252 g/mol. The van der Waals surface area contributed by atoms with Crippen molar-refractivity contribution >= 4 is 16.6 Å². The van der Waals surface area contributed by atoms with Crippen LogP contribution in [-0.4, -0.2) is 9.67 Å². The Balaban J connectivity index is 2.51. The Bertz CT molecular complexity index is 804. The number of nitroso groups, excluding NO2 is 1. The lowest BCUT2D eigenvalue weighted by Gasteiger charge is -2.09. The largest absolute Gasteiger partial charge is 0.493 e. The fraction of sp³-hybridized carbons (Fsp3) is 0.125. The Hall–Kier alpha value is -2.62. The van der Waals surface area contributed by atoms with Gasteiger partial charge in [-0.15, -0.1) is 4.91 Å². The van der Waals surface area contributed by atoms with Crippen molar-refractivity contribution < 1.29 is 5.11 Å². The Labute approximate surface area is 116 Å². The van der Waals surface area contributed by atoms with Gasteiger partial charge in [-0.1, -0.05) is 30.3 Å². The molecule has 0 unspecified atom stereocenters. The van der Waals surface area contributed by atoms with Gasteiger partial charge >= 0.3 is 0 Å². The fourth-order valence-corrected chi connectivity index (χ4v) is 2.53. The van der Waals surface area contributed by atoms with E-state index in [1.54, 1.807) is 4.57 Å². The molecule has 0 saturated carbocycles. The summed E-state index contributed by atoms with van der Waals surface area (Å²) in [6, 6.07) is 13.2. The first-order valence-electron chi connectivity index (χ1n) is 6.37. The molecule has 1 aromatic heterocycles. The topological polar surface area (TPSA) is 54.6 Å². The van der Waals surface area contributed by atoms with E-state index < -0.39 is 0 Å². The number of hydrogen-bond donors (Lipinski definition) is 1. The average Bonchev–Trinajstić information content (AvgIpc) is 2.76. The number of aromatic hydroxyl groups is 1. The zero-order valence-electron chi connectivity index (χ0n) is 11.3. The normalized spacial score (nSPS) is 10.9. The molecular formula is C16H14N2O2. The summed E-state index contributed by atoms with van der Waals surface area (Å²) in [4.78, 5) is 11.1. The van der Waals surface area contributed by atoms with Crippen molar-refractivity contribution in [2.75, 3.05) is 0 Å². The molecule has 0 bridgehead atoms. The molecule has 0 fully saturated rings. The molecule has 4 nitrogen and oxygen atoms in total. The fourth-order valence-electron chi connectivity index (χ4n) is 2.53. The van der Waals surface area contributed by atoms with Crippen LogP contribution in [0.1, 0.15) is 11.1 Å². The minimum Gasteiger partial charge on any atom is -0.493 e. The summed E-state index contributed by atoms with van der Waals surface area (Å²) in [6.45, 7) is 3.98. The average molecular weight is 266 g/mol. The molecule has 0 aliphatic heterocycles. The Morgan fingerprint density at radius 3 is 2.40 bits per heavy atom. The third-order valence-electron chi connectivity index (χ3n) is 3.71. The van der Waals surface area contributed by atoms with Gasteiger partial charge in [-0.3, -0.25) is 4.57 Å². The highest BCUT2D eigenvalue weighted by molar-refractivity contribution is 5.98. The van der Waals surface area contributed by atoms with Gasteiger partial charge in [0.1, 0.15) is 0 Å². The number of fused-ring (bicyclic) bond motifs is 1. The summed E-state index contributed by atoms with van der Waals surface area (Å²) in [5.41, 5.74) is 3.84. The lowest BCUT2D eigenvalue weighted by molar-refractivity contribution is 0.446. The number of benzene rings is 2. The van der Waals surface area contributed by atoms with E-state index in [2.05, 4.69) is 5.18 Å². The number of aromatic nitrogens is 1. The van der Waals surface area contributed by atoms with Crippen LogP contribution < -0.4 is 0 Å². The molecule has 100 valence electrons. The maximum absolute atomic E-state index is 11.1. The van der Waals surface area contributed by atoms with Crippen LogP contribution >= 0.6 is 0 Å². The predicted octanol–water partition coefficient (Wildman–Crippen LogP) is 4.35. The lowest BCUT2D eigenvalue weighted by Crippen LogP contribution is -1.95. The SMILES string of the molecule is Cc1ccc2c(N=O)c(O)n(-c3ccccc3)c2c1C. The van der Waals surface area contributed by atoms with E-state index in [1.807, 2.05) is 56.3 Å². The summed E-state index contributed by atoms with van der Waals surface area (Å²) in [5.74, 6) is -0.116. The molecule has 1 heterocycles. The molecule has 20 heavy (non-hydrogen) atoms. The number of nitrogens with zero attached hydrogens (tertiary/aromatic N) is 2. The predicted molar refractivity (Wildman–Crippen MR) is 79.9 cm³/mol. The van der Waals surface area contributed by atoms with Crippen molar-refractivity contribution in [2.45, 2.75) is 13.8 Å². The standard InChI is InChI=1S/C16H14N2O2/c1-10-8-9-13-14(17-20)16(19)18(15(13)11(10)2)12-6-4-3-5-7-12/h3-9,19H,1-2H3. The number of aryl methyl sites for hydroxylation is 2. The zero-order chi connectivity index (χ0) is 14.3. The van der Waals surface area contributed by atoms with Crippen molar-refractivity contribution in [3.8, 4) is 11.6 Å². The van der Waals surface area contributed by atoms with Crippen LogP contribution in [0.15, 0.2) is 47.6 Å². The summed E-state index contributed by atoms with van der Waals surface area (Å²) < 4.78 is 1.68. The van der Waals surface area contributed by atoms with Crippen LogP contribution in [0.4, 0.5) is 5.69 Å².